The van der Waals surface area contributed by atoms with Crippen LogP contribution in [0.1, 0.15) is 12.0 Å². The van der Waals surface area contributed by atoms with E-state index in [4.69, 9.17) is 4.74 Å². The van der Waals surface area contributed by atoms with Crippen molar-refractivity contribution in [3.8, 4) is 0 Å². The summed E-state index contributed by atoms with van der Waals surface area (Å²) in [6.45, 7) is 0.813. The fourth-order valence-corrected chi connectivity index (χ4v) is 3.04. The van der Waals surface area contributed by atoms with Gasteiger partial charge in [-0.15, -0.1) is 11.3 Å². The largest absolute Gasteiger partial charge is 0.385 e. The van der Waals surface area contributed by atoms with Crippen LogP contribution in [-0.2, 0) is 11.2 Å². The van der Waals surface area contributed by atoms with Gasteiger partial charge in [0.2, 0.25) is 0 Å². The third kappa shape index (κ3) is 3.06. The molecule has 0 saturated carbocycles. The second kappa shape index (κ2) is 6.15. The number of hydrogen-bond acceptors (Lipinski definition) is 3. The Morgan fingerprint density at radius 2 is 2.18 bits per heavy atom. The third-order valence-electron chi connectivity index (χ3n) is 3.11. The van der Waals surface area contributed by atoms with E-state index in [0.29, 0.717) is 6.04 Å². The minimum Gasteiger partial charge on any atom is -0.385 e. The highest BCUT2D eigenvalue weighted by molar-refractivity contribution is 7.17. The molecule has 2 nitrogen and oxygen atoms in total. The van der Waals surface area contributed by atoms with Crippen LogP contribution in [0, 0.1) is 0 Å². The zero-order valence-electron chi connectivity index (χ0n) is 10.4. The quantitative estimate of drug-likeness (QED) is 0.849. The van der Waals surface area contributed by atoms with Gasteiger partial charge in [-0.3, -0.25) is 0 Å². The van der Waals surface area contributed by atoms with Crippen molar-refractivity contribution in [2.45, 2.75) is 18.9 Å². The first kappa shape index (κ1) is 12.6. The van der Waals surface area contributed by atoms with Crippen molar-refractivity contribution >= 4 is 21.4 Å². The van der Waals surface area contributed by atoms with Crippen LogP contribution in [0.15, 0.2) is 29.6 Å². The summed E-state index contributed by atoms with van der Waals surface area (Å²) in [4.78, 5) is 0. The SMILES string of the molecule is CNC(CCOC)Cc1csc2ccccc12. The molecule has 0 amide bonds. The van der Waals surface area contributed by atoms with Crippen molar-refractivity contribution in [3.63, 3.8) is 0 Å². The summed E-state index contributed by atoms with van der Waals surface area (Å²) < 4.78 is 6.52. The van der Waals surface area contributed by atoms with E-state index in [1.807, 2.05) is 18.4 Å². The molecule has 0 spiro atoms. The van der Waals surface area contributed by atoms with Gasteiger partial charge in [0, 0.05) is 24.5 Å². The number of rotatable bonds is 6. The second-order valence-electron chi connectivity index (χ2n) is 4.23. The van der Waals surface area contributed by atoms with Gasteiger partial charge in [-0.25, -0.2) is 0 Å². The number of nitrogens with one attached hydrogen (secondary N) is 1. The maximum atomic E-state index is 5.14. The zero-order chi connectivity index (χ0) is 12.1. The van der Waals surface area contributed by atoms with Gasteiger partial charge in [0.1, 0.15) is 0 Å². The molecular weight excluding hydrogens is 230 g/mol. The summed E-state index contributed by atoms with van der Waals surface area (Å²) >= 11 is 1.83. The zero-order valence-corrected chi connectivity index (χ0v) is 11.2. The molecule has 1 N–H and O–H groups in total. The molecule has 0 aliphatic carbocycles. The first-order valence-electron chi connectivity index (χ1n) is 5.96. The van der Waals surface area contributed by atoms with Crippen LogP contribution in [-0.4, -0.2) is 26.8 Å². The number of thiophene rings is 1. The van der Waals surface area contributed by atoms with E-state index < -0.39 is 0 Å². The number of likely N-dealkylation sites (N-methyl/N-ethyl adjacent to an activating group) is 1. The van der Waals surface area contributed by atoms with Gasteiger partial charge in [0.15, 0.2) is 0 Å². The average Bonchev–Trinajstić information content (AvgIpc) is 2.78. The lowest BCUT2D eigenvalue weighted by molar-refractivity contribution is 0.184. The molecule has 1 atom stereocenters. The van der Waals surface area contributed by atoms with Crippen molar-refractivity contribution < 1.29 is 4.74 Å². The second-order valence-corrected chi connectivity index (χ2v) is 5.14. The minimum absolute atomic E-state index is 0.493. The Balaban J connectivity index is 2.11. The van der Waals surface area contributed by atoms with E-state index >= 15 is 0 Å². The van der Waals surface area contributed by atoms with Gasteiger partial charge < -0.3 is 10.1 Å². The molecule has 0 fully saturated rings. The molecule has 2 aromatic rings. The van der Waals surface area contributed by atoms with Crippen molar-refractivity contribution in [3.05, 3.63) is 35.2 Å². The van der Waals surface area contributed by atoms with E-state index in [1.54, 1.807) is 7.11 Å². The molecule has 1 aromatic heterocycles. The lowest BCUT2D eigenvalue weighted by atomic mass is 10.0. The Kier molecular flexibility index (Phi) is 4.54. The van der Waals surface area contributed by atoms with Crippen LogP contribution < -0.4 is 5.32 Å². The summed E-state index contributed by atoms with van der Waals surface area (Å²) in [7, 11) is 3.78. The maximum absolute atomic E-state index is 5.14. The maximum Gasteiger partial charge on any atom is 0.0477 e. The molecule has 92 valence electrons. The lowest BCUT2D eigenvalue weighted by Crippen LogP contribution is -2.28. The molecule has 0 aliphatic rings. The van der Waals surface area contributed by atoms with Crippen molar-refractivity contribution in [2.75, 3.05) is 20.8 Å². The normalized spacial score (nSPS) is 13.1. The fourth-order valence-electron chi connectivity index (χ4n) is 2.06. The average molecular weight is 249 g/mol. The number of benzene rings is 1. The van der Waals surface area contributed by atoms with Crippen molar-refractivity contribution in [1.29, 1.82) is 0 Å². The van der Waals surface area contributed by atoms with Crippen LogP contribution in [0.3, 0.4) is 0 Å². The summed E-state index contributed by atoms with van der Waals surface area (Å²) in [6.07, 6.45) is 2.13. The molecule has 0 aliphatic heterocycles. The fraction of sp³-hybridized carbons (Fsp3) is 0.429. The van der Waals surface area contributed by atoms with Gasteiger partial charge in [0.25, 0.3) is 0 Å². The van der Waals surface area contributed by atoms with Crippen molar-refractivity contribution in [1.82, 2.24) is 5.32 Å². The predicted molar refractivity (Wildman–Crippen MR) is 74.9 cm³/mol. The molecular formula is C14H19NOS. The summed E-state index contributed by atoms with van der Waals surface area (Å²) in [6, 6.07) is 9.11. The smallest absolute Gasteiger partial charge is 0.0477 e. The Morgan fingerprint density at radius 1 is 1.35 bits per heavy atom. The van der Waals surface area contributed by atoms with E-state index in [9.17, 15) is 0 Å². The Labute approximate surface area is 107 Å². The molecule has 17 heavy (non-hydrogen) atoms. The summed E-state index contributed by atoms with van der Waals surface area (Å²) in [5, 5.41) is 7.04. The summed E-state index contributed by atoms with van der Waals surface area (Å²) in [5.41, 5.74) is 1.45. The Hall–Kier alpha value is -0.900. The topological polar surface area (TPSA) is 21.3 Å². The van der Waals surface area contributed by atoms with Crippen LogP contribution in [0.4, 0.5) is 0 Å². The van der Waals surface area contributed by atoms with Gasteiger partial charge in [-0.1, -0.05) is 18.2 Å². The number of ether oxygens (including phenoxy) is 1. The Morgan fingerprint density at radius 3 is 2.94 bits per heavy atom. The molecule has 3 heteroatoms. The third-order valence-corrected chi connectivity index (χ3v) is 4.12. The molecule has 0 radical (unpaired) electrons. The summed E-state index contributed by atoms with van der Waals surface area (Å²) in [5.74, 6) is 0. The highest BCUT2D eigenvalue weighted by Crippen LogP contribution is 2.26. The molecule has 0 bridgehead atoms. The Bertz CT molecular complexity index is 466. The van der Waals surface area contributed by atoms with E-state index in [2.05, 4.69) is 35.0 Å². The molecule has 0 saturated heterocycles. The number of methoxy groups -OCH3 is 1. The highest BCUT2D eigenvalue weighted by atomic mass is 32.1. The number of hydrogen-bond donors (Lipinski definition) is 1. The van der Waals surface area contributed by atoms with Gasteiger partial charge in [-0.05, 0) is 42.3 Å². The van der Waals surface area contributed by atoms with Crippen LogP contribution in [0.2, 0.25) is 0 Å². The molecule has 2 rings (SSSR count). The molecule has 1 heterocycles. The first-order chi connectivity index (χ1) is 8.35. The van der Waals surface area contributed by atoms with Crippen LogP contribution >= 0.6 is 11.3 Å². The van der Waals surface area contributed by atoms with E-state index in [-0.39, 0.29) is 0 Å². The van der Waals surface area contributed by atoms with Gasteiger partial charge in [0.05, 0.1) is 0 Å². The standard InChI is InChI=1S/C14H19NOS/c1-15-12(7-8-16-2)9-11-10-17-14-6-4-3-5-13(11)14/h3-6,10,12,15H,7-9H2,1-2H3. The predicted octanol–water partition coefficient (Wildman–Crippen LogP) is 3.07. The number of fused-ring (bicyclic) bond motifs is 1. The first-order valence-corrected chi connectivity index (χ1v) is 6.84. The van der Waals surface area contributed by atoms with Crippen LogP contribution in [0.25, 0.3) is 10.1 Å². The minimum atomic E-state index is 0.493. The van der Waals surface area contributed by atoms with Crippen LogP contribution in [0.5, 0.6) is 0 Å². The van der Waals surface area contributed by atoms with Crippen molar-refractivity contribution in [2.24, 2.45) is 0 Å². The van der Waals surface area contributed by atoms with Gasteiger partial charge in [-0.2, -0.15) is 0 Å². The lowest BCUT2D eigenvalue weighted by Gasteiger charge is -2.15. The van der Waals surface area contributed by atoms with E-state index in [0.717, 1.165) is 19.4 Å². The van der Waals surface area contributed by atoms with E-state index in [1.165, 1.54) is 15.6 Å². The molecule has 1 aromatic carbocycles. The monoisotopic (exact) mass is 249 g/mol. The highest BCUT2D eigenvalue weighted by Gasteiger charge is 2.10. The van der Waals surface area contributed by atoms with Gasteiger partial charge >= 0.3 is 0 Å². The molecule has 1 unspecified atom stereocenters.